The lowest BCUT2D eigenvalue weighted by molar-refractivity contribution is -0.0393. The molecule has 5 aliphatic rings. The minimum Gasteiger partial charge on any atom is -0.309 e. The Morgan fingerprint density at radius 2 is 1.03 bits per heavy atom. The smallest absolute Gasteiger partial charge is 0.164 e. The molecule has 1 spiro atoms. The molecule has 4 saturated carbocycles. The van der Waals surface area contributed by atoms with Crippen molar-refractivity contribution in [1.82, 2.24) is 19.5 Å². The van der Waals surface area contributed by atoms with Crippen molar-refractivity contribution >= 4 is 43.4 Å². The molecule has 10 aromatic rings. The van der Waals surface area contributed by atoms with E-state index in [1.54, 1.807) is 11.1 Å². The summed E-state index contributed by atoms with van der Waals surface area (Å²) in [6.07, 6.45) is 6.82. The molecular weight excluding hydrogens is 741 g/mol. The lowest BCUT2D eigenvalue weighted by Gasteiger charge is -2.61. The van der Waals surface area contributed by atoms with Crippen molar-refractivity contribution < 1.29 is 0 Å². The van der Waals surface area contributed by atoms with Gasteiger partial charge in [0.15, 0.2) is 17.5 Å². The highest BCUT2D eigenvalue weighted by Gasteiger charge is 2.62. The van der Waals surface area contributed by atoms with Gasteiger partial charge in [-0.15, -0.1) is 0 Å². The molecule has 15 rings (SSSR count). The predicted octanol–water partition coefficient (Wildman–Crippen LogP) is 14.0. The van der Waals surface area contributed by atoms with Crippen LogP contribution in [0, 0.1) is 23.7 Å². The van der Waals surface area contributed by atoms with Gasteiger partial charge in [-0.1, -0.05) is 133 Å². The molecule has 2 aromatic heterocycles. The largest absolute Gasteiger partial charge is 0.309 e. The van der Waals surface area contributed by atoms with Gasteiger partial charge in [0.05, 0.1) is 11.0 Å². The molecule has 2 heterocycles. The second-order valence-electron chi connectivity index (χ2n) is 18.4. The van der Waals surface area contributed by atoms with E-state index in [0.29, 0.717) is 29.3 Å². The van der Waals surface area contributed by atoms with E-state index < -0.39 is 0 Å². The van der Waals surface area contributed by atoms with Crippen LogP contribution in [0.3, 0.4) is 0 Å². The van der Waals surface area contributed by atoms with E-state index >= 15 is 0 Å². The van der Waals surface area contributed by atoms with Crippen LogP contribution in [-0.2, 0) is 5.41 Å². The Balaban J connectivity index is 1.00. The quantitative estimate of drug-likeness (QED) is 0.179. The van der Waals surface area contributed by atoms with Gasteiger partial charge in [-0.05, 0) is 136 Å². The lowest BCUT2D eigenvalue weighted by atomic mass is 9.43. The Kier molecular flexibility index (Phi) is 6.97. The molecule has 0 atom stereocenters. The molecule has 0 unspecified atom stereocenters. The molecule has 0 N–H and O–H groups in total. The van der Waals surface area contributed by atoms with Crippen molar-refractivity contribution in [2.45, 2.75) is 37.5 Å². The van der Waals surface area contributed by atoms with Crippen molar-refractivity contribution in [3.63, 3.8) is 0 Å². The average molecular weight is 783 g/mol. The maximum atomic E-state index is 5.43. The summed E-state index contributed by atoms with van der Waals surface area (Å²) in [6.45, 7) is 0. The fourth-order valence-corrected chi connectivity index (χ4v) is 13.2. The van der Waals surface area contributed by atoms with Crippen molar-refractivity contribution in [3.8, 4) is 51.0 Å². The Morgan fingerprint density at radius 3 is 1.82 bits per heavy atom. The predicted molar refractivity (Wildman–Crippen MR) is 249 cm³/mol. The third-order valence-electron chi connectivity index (χ3n) is 15.4. The van der Waals surface area contributed by atoms with E-state index in [0.717, 1.165) is 39.7 Å². The second kappa shape index (κ2) is 12.6. The minimum atomic E-state index is 0.0202. The fourth-order valence-electron chi connectivity index (χ4n) is 13.2. The minimum absolute atomic E-state index is 0.0202. The average Bonchev–Trinajstić information content (AvgIpc) is 3.80. The van der Waals surface area contributed by atoms with E-state index in [1.807, 2.05) is 0 Å². The first kappa shape index (κ1) is 33.9. The van der Waals surface area contributed by atoms with Crippen LogP contribution in [-0.4, -0.2) is 19.5 Å². The van der Waals surface area contributed by atoms with Gasteiger partial charge in [0.1, 0.15) is 0 Å². The number of hydrogen-bond acceptors (Lipinski definition) is 3. The van der Waals surface area contributed by atoms with Gasteiger partial charge >= 0.3 is 0 Å². The molecule has 8 aromatic carbocycles. The molecule has 5 aliphatic carbocycles. The zero-order chi connectivity index (χ0) is 39.8. The summed E-state index contributed by atoms with van der Waals surface area (Å²) in [4.78, 5) is 16.0. The first-order valence-electron chi connectivity index (χ1n) is 22.2. The third-order valence-corrected chi connectivity index (χ3v) is 15.4. The van der Waals surface area contributed by atoms with E-state index in [9.17, 15) is 0 Å². The number of nitrogens with zero attached hydrogens (tertiary/aromatic N) is 4. The van der Waals surface area contributed by atoms with Gasteiger partial charge in [-0.3, -0.25) is 0 Å². The first-order chi connectivity index (χ1) is 30.2. The number of rotatable bonds is 4. The first-order valence-corrected chi connectivity index (χ1v) is 22.2. The van der Waals surface area contributed by atoms with Gasteiger partial charge in [-0.2, -0.15) is 0 Å². The van der Waals surface area contributed by atoms with Crippen LogP contribution in [0.25, 0.3) is 94.3 Å². The summed E-state index contributed by atoms with van der Waals surface area (Å²) in [5.74, 6) is 5.13. The number of fused-ring (bicyclic) bond motifs is 9. The highest BCUT2D eigenvalue weighted by molar-refractivity contribution is 6.10. The van der Waals surface area contributed by atoms with E-state index in [4.69, 9.17) is 15.0 Å². The summed E-state index contributed by atoms with van der Waals surface area (Å²) < 4.78 is 2.36. The van der Waals surface area contributed by atoms with E-state index in [1.165, 1.54) is 81.1 Å². The topological polar surface area (TPSA) is 43.6 Å². The van der Waals surface area contributed by atoms with E-state index in [-0.39, 0.29) is 5.41 Å². The molecule has 4 nitrogen and oxygen atoms in total. The SMILES string of the molecule is c1ccc(-c2nc(-c3ccc4c5ccccc5n(-c5ccccc5)c4c3)nc(-c3cccc4c5c(ccc34)-c3cc4ccccc4cc3C53C4CC5CC(C4)CC3C5)n2)cc1. The molecule has 0 radical (unpaired) electrons. The molecule has 0 saturated heterocycles. The van der Waals surface area contributed by atoms with E-state index in [2.05, 4.69) is 174 Å². The van der Waals surface area contributed by atoms with Crippen LogP contribution in [0.1, 0.15) is 43.2 Å². The summed E-state index contributed by atoms with van der Waals surface area (Å²) >= 11 is 0. The molecule has 0 aliphatic heterocycles. The monoisotopic (exact) mass is 782 g/mol. The summed E-state index contributed by atoms with van der Waals surface area (Å²) in [7, 11) is 0. The van der Waals surface area contributed by atoms with Crippen LogP contribution >= 0.6 is 0 Å². The van der Waals surface area contributed by atoms with Crippen LogP contribution in [0.4, 0.5) is 0 Å². The van der Waals surface area contributed by atoms with Crippen LogP contribution < -0.4 is 0 Å². The Morgan fingerprint density at radius 1 is 0.410 bits per heavy atom. The van der Waals surface area contributed by atoms with Crippen molar-refractivity contribution in [3.05, 3.63) is 181 Å². The zero-order valence-electron chi connectivity index (χ0n) is 33.8. The molecular formula is C57H42N4. The molecule has 0 amide bonds. The molecule has 61 heavy (non-hydrogen) atoms. The van der Waals surface area contributed by atoms with Crippen molar-refractivity contribution in [2.75, 3.05) is 0 Å². The van der Waals surface area contributed by atoms with Crippen LogP contribution in [0.2, 0.25) is 0 Å². The van der Waals surface area contributed by atoms with Crippen LogP contribution in [0.5, 0.6) is 0 Å². The van der Waals surface area contributed by atoms with Crippen molar-refractivity contribution in [2.24, 2.45) is 23.7 Å². The van der Waals surface area contributed by atoms with Crippen LogP contribution in [0.15, 0.2) is 170 Å². The van der Waals surface area contributed by atoms with Gasteiger partial charge in [-0.25, -0.2) is 15.0 Å². The molecule has 290 valence electrons. The number of benzene rings is 8. The van der Waals surface area contributed by atoms with Gasteiger partial charge in [0.2, 0.25) is 0 Å². The number of hydrogen-bond donors (Lipinski definition) is 0. The number of aromatic nitrogens is 4. The molecule has 4 heteroatoms. The van der Waals surface area contributed by atoms with Gasteiger partial charge in [0.25, 0.3) is 0 Å². The van der Waals surface area contributed by atoms with Gasteiger partial charge < -0.3 is 4.57 Å². The third kappa shape index (κ3) is 4.73. The Bertz CT molecular complexity index is 3410. The van der Waals surface area contributed by atoms with Crippen molar-refractivity contribution in [1.29, 1.82) is 0 Å². The Hall–Kier alpha value is -6.91. The summed E-state index contributed by atoms with van der Waals surface area (Å²) in [5.41, 5.74) is 12.5. The fraction of sp³-hybridized carbons (Fsp3) is 0.175. The zero-order valence-corrected chi connectivity index (χ0v) is 33.8. The Labute approximate surface area is 354 Å². The normalized spacial score (nSPS) is 22.2. The second-order valence-corrected chi connectivity index (χ2v) is 18.4. The maximum Gasteiger partial charge on any atom is 0.164 e. The lowest BCUT2D eigenvalue weighted by Crippen LogP contribution is -2.55. The number of para-hydroxylation sites is 2. The summed E-state index contributed by atoms with van der Waals surface area (Å²) in [6, 6.07) is 62.2. The molecule has 4 bridgehead atoms. The standard InChI is InChI=1S/C57H42N4/c1-3-12-36(13-4-1)54-58-55(39-22-23-45-44-18-9-10-21-51(44)61(52(45)33-39)42-16-5-2-6-17-42)60-56(59-54)48-20-11-19-46-43(48)24-25-47-49-31-37-14-7-8-15-38(37)32-50(49)57(53(46)47)40-27-34-26-35(29-40)30-41(57)28-34/h1-25,31-35,40-41H,26-30H2. The highest BCUT2D eigenvalue weighted by Crippen LogP contribution is 2.70. The highest BCUT2D eigenvalue weighted by atomic mass is 15.0. The summed E-state index contributed by atoms with van der Waals surface area (Å²) in [5, 5.41) is 7.71. The maximum absolute atomic E-state index is 5.43. The van der Waals surface area contributed by atoms with Gasteiger partial charge in [0, 0.05) is 38.6 Å². The molecule has 4 fully saturated rings.